The van der Waals surface area contributed by atoms with Gasteiger partial charge in [-0.15, -0.1) is 0 Å². The van der Waals surface area contributed by atoms with Crippen molar-refractivity contribution < 1.29 is 8.83 Å². The van der Waals surface area contributed by atoms with Gasteiger partial charge in [-0.2, -0.15) is 0 Å². The van der Waals surface area contributed by atoms with Crippen LogP contribution in [-0.2, 0) is 2.14 Å². The molecule has 0 atom stereocenters. The Morgan fingerprint density at radius 3 is 1.50 bits per heavy atom. The number of rotatable bonds is 0. The maximum Gasteiger partial charge on any atom is 0.347 e. The Balaban J connectivity index is 2.85. The van der Waals surface area contributed by atoms with E-state index in [0.29, 0.717) is 0 Å². The average molecular weight is 469 g/mol. The molecule has 2 aromatic heterocycles. The van der Waals surface area contributed by atoms with Crippen molar-refractivity contribution in [3.8, 4) is 0 Å². The van der Waals surface area contributed by atoms with Crippen molar-refractivity contribution in [2.75, 3.05) is 0 Å². The lowest BCUT2D eigenvalue weighted by Gasteiger charge is -2.13. The van der Waals surface area contributed by atoms with E-state index < -0.39 is 24.6 Å². The van der Waals surface area contributed by atoms with Crippen LogP contribution in [0.5, 0.6) is 0 Å². The van der Waals surface area contributed by atoms with Crippen molar-refractivity contribution in [2.45, 2.75) is 2.14 Å². The van der Waals surface area contributed by atoms with Crippen molar-refractivity contribution in [2.24, 2.45) is 0 Å². The summed E-state index contributed by atoms with van der Waals surface area (Å²) >= 11 is 9.55. The molecule has 0 radical (unpaired) electrons. The highest BCUT2D eigenvalue weighted by molar-refractivity contribution is 9.38. The Hall–Kier alpha value is -1.06. The summed E-state index contributed by atoms with van der Waals surface area (Å²) < 4.78 is 7.83. The molecule has 0 N–H and O–H groups in total. The average Bonchev–Trinajstić information content (AvgIpc) is 2.76. The molecule has 0 fully saturated rings. The second-order valence-electron chi connectivity index (χ2n) is 3.95. The lowest BCUT2D eigenvalue weighted by molar-refractivity contribution is 0.498. The van der Waals surface area contributed by atoms with Crippen LogP contribution in [0.15, 0.2) is 34.1 Å². The summed E-state index contributed by atoms with van der Waals surface area (Å²) in [7, 11) is 0. The zero-order valence-electron chi connectivity index (χ0n) is 9.16. The van der Waals surface area contributed by atoms with Gasteiger partial charge in [-0.05, 0) is 6.07 Å². The molecule has 3 aromatic rings. The van der Waals surface area contributed by atoms with E-state index in [1.54, 1.807) is 0 Å². The third-order valence-electron chi connectivity index (χ3n) is 2.83. The van der Waals surface area contributed by atoms with Crippen molar-refractivity contribution >= 4 is 69.3 Å². The number of alkyl halides is 3. The van der Waals surface area contributed by atoms with E-state index in [1.165, 1.54) is 0 Å². The van der Waals surface area contributed by atoms with Crippen LogP contribution in [-0.4, -0.2) is 0 Å². The molecule has 0 bridgehead atoms. The van der Waals surface area contributed by atoms with Crippen LogP contribution < -0.4 is 22.5 Å². The Bertz CT molecular complexity index is 982. The monoisotopic (exact) mass is 466 g/mol. The Morgan fingerprint density at radius 2 is 1.15 bits per heavy atom. The highest BCUT2D eigenvalue weighted by atomic mass is 80.0. The molecule has 102 valence electrons. The zero-order valence-corrected chi connectivity index (χ0v) is 13.9. The van der Waals surface area contributed by atoms with Gasteiger partial charge in [0.2, 0.25) is 0 Å². The lowest BCUT2D eigenvalue weighted by atomic mass is 10.0. The fourth-order valence-corrected chi connectivity index (χ4v) is 3.28. The maximum atomic E-state index is 11.8. The number of benzene rings is 1. The number of halogens is 3. The van der Waals surface area contributed by atoms with Gasteiger partial charge in [0, 0.05) is 5.56 Å². The zero-order chi connectivity index (χ0) is 14.8. The molecular formula is C11HBr3O6. The first kappa shape index (κ1) is 13.9. The molecule has 0 amide bonds. The van der Waals surface area contributed by atoms with E-state index in [4.69, 9.17) is 0 Å². The van der Waals surface area contributed by atoms with Gasteiger partial charge in [0.05, 0.1) is 21.5 Å². The third kappa shape index (κ3) is 1.80. The van der Waals surface area contributed by atoms with Crippen LogP contribution in [0.25, 0.3) is 21.5 Å². The molecule has 20 heavy (non-hydrogen) atoms. The molecule has 1 aromatic carbocycles. The summed E-state index contributed by atoms with van der Waals surface area (Å²) in [6, 6.07) is 1.13. The molecule has 0 aliphatic rings. The molecule has 9 heteroatoms. The van der Waals surface area contributed by atoms with Gasteiger partial charge < -0.3 is 8.83 Å². The minimum Gasteiger partial charge on any atom is -0.386 e. The molecule has 6 nitrogen and oxygen atoms in total. The number of fused-ring (bicyclic) bond motifs is 2. The van der Waals surface area contributed by atoms with Crippen LogP contribution in [0.3, 0.4) is 0 Å². The highest BCUT2D eigenvalue weighted by Gasteiger charge is 2.33. The van der Waals surface area contributed by atoms with Gasteiger partial charge in [0.15, 0.2) is 2.14 Å². The van der Waals surface area contributed by atoms with Crippen LogP contribution in [0.4, 0.5) is 0 Å². The molecule has 0 saturated heterocycles. The molecular weight excluding hydrogens is 468 g/mol. The largest absolute Gasteiger partial charge is 0.386 e. The van der Waals surface area contributed by atoms with Gasteiger partial charge >= 0.3 is 22.5 Å². The van der Waals surface area contributed by atoms with E-state index in [-0.39, 0.29) is 27.1 Å². The molecule has 0 unspecified atom stereocenters. The molecule has 2 heterocycles. The van der Waals surface area contributed by atoms with E-state index >= 15 is 0 Å². The second-order valence-corrected chi connectivity index (χ2v) is 10.7. The van der Waals surface area contributed by atoms with Crippen LogP contribution in [0.2, 0.25) is 0 Å². The van der Waals surface area contributed by atoms with Gasteiger partial charge in [-0.25, -0.2) is 19.2 Å². The predicted octanol–water partition coefficient (Wildman–Crippen LogP) is 1.79. The maximum absolute atomic E-state index is 11.8. The summed E-state index contributed by atoms with van der Waals surface area (Å²) in [6.45, 7) is 0. The van der Waals surface area contributed by atoms with Crippen LogP contribution >= 0.6 is 47.8 Å². The summed E-state index contributed by atoms with van der Waals surface area (Å²) in [4.78, 5) is 46.8. The van der Waals surface area contributed by atoms with Crippen molar-refractivity contribution in [1.29, 1.82) is 0 Å². The minimum absolute atomic E-state index is 0.0664. The first-order valence-electron chi connectivity index (χ1n) is 5.03. The van der Waals surface area contributed by atoms with E-state index in [0.717, 1.165) is 6.07 Å². The summed E-state index contributed by atoms with van der Waals surface area (Å²) in [5.74, 6) is 0. The Morgan fingerprint density at radius 1 is 0.750 bits per heavy atom. The second kappa shape index (κ2) is 4.22. The van der Waals surface area contributed by atoms with Crippen LogP contribution in [0, 0.1) is 0 Å². The predicted molar refractivity (Wildman–Crippen MR) is 81.9 cm³/mol. The van der Waals surface area contributed by atoms with Crippen LogP contribution in [0.1, 0.15) is 5.56 Å². The normalized spacial score (nSPS) is 12.6. The van der Waals surface area contributed by atoms with Gasteiger partial charge in [0.25, 0.3) is 0 Å². The SMILES string of the molecule is O=c1oc(=O)c2c(C(Br)(Br)Br)c3c(=O)oc(=O)c3cc12. The summed E-state index contributed by atoms with van der Waals surface area (Å²) in [6.07, 6.45) is 0. The van der Waals surface area contributed by atoms with Gasteiger partial charge in [0.1, 0.15) is 0 Å². The summed E-state index contributed by atoms with van der Waals surface area (Å²) in [5.41, 5.74) is -3.47. The van der Waals surface area contributed by atoms with E-state index in [2.05, 4.69) is 56.6 Å². The third-order valence-corrected chi connectivity index (χ3v) is 4.02. The fourth-order valence-electron chi connectivity index (χ4n) is 2.09. The summed E-state index contributed by atoms with van der Waals surface area (Å²) in [5, 5.41) is -0.353. The first-order valence-corrected chi connectivity index (χ1v) is 7.41. The standard InChI is InChI=1S/C11HBr3O6/c12-11(13,14)6-4-2(7(15)19-9(4)17)1-3-5(6)10(18)20-8(3)16/h1H. The number of furan rings is 2. The van der Waals surface area contributed by atoms with Crippen molar-refractivity contribution in [3.05, 3.63) is 53.3 Å². The Labute approximate surface area is 133 Å². The van der Waals surface area contributed by atoms with E-state index in [1.807, 2.05) is 0 Å². The van der Waals surface area contributed by atoms with E-state index in [9.17, 15) is 19.2 Å². The van der Waals surface area contributed by atoms with Crippen molar-refractivity contribution in [1.82, 2.24) is 0 Å². The molecule has 0 aliphatic heterocycles. The number of hydrogen-bond acceptors (Lipinski definition) is 6. The fraction of sp³-hybridized carbons (Fsp3) is 0.0909. The molecule has 3 rings (SSSR count). The number of hydrogen-bond donors (Lipinski definition) is 0. The van der Waals surface area contributed by atoms with Gasteiger partial charge in [-0.3, -0.25) is 0 Å². The lowest BCUT2D eigenvalue weighted by Crippen LogP contribution is -2.09. The smallest absolute Gasteiger partial charge is 0.347 e. The topological polar surface area (TPSA) is 94.6 Å². The Kier molecular flexibility index (Phi) is 2.93. The highest BCUT2D eigenvalue weighted by Crippen LogP contribution is 2.48. The quantitative estimate of drug-likeness (QED) is 0.467. The van der Waals surface area contributed by atoms with Crippen molar-refractivity contribution in [3.63, 3.8) is 0 Å². The molecule has 0 saturated carbocycles. The molecule has 0 aliphatic carbocycles. The molecule has 0 spiro atoms. The first-order chi connectivity index (χ1) is 9.21. The van der Waals surface area contributed by atoms with Gasteiger partial charge in [-0.1, -0.05) is 47.8 Å². The minimum atomic E-state index is -1.20.